The molecule has 0 radical (unpaired) electrons. The summed E-state index contributed by atoms with van der Waals surface area (Å²) in [5.41, 5.74) is 1.03. The minimum atomic E-state index is -0.333. The number of hydrogen-bond acceptors (Lipinski definition) is 3. The van der Waals surface area contributed by atoms with Crippen LogP contribution in [0, 0.1) is 0 Å². The molecule has 74 valence electrons. The molecule has 0 saturated carbocycles. The van der Waals surface area contributed by atoms with E-state index < -0.39 is 0 Å². The summed E-state index contributed by atoms with van der Waals surface area (Å²) in [4.78, 5) is 10.7. The second-order valence-electron chi connectivity index (χ2n) is 2.67. The summed E-state index contributed by atoms with van der Waals surface area (Å²) in [7, 11) is 1.36. The standard InChI is InChI=1S/C11H13NO2/c1-14-11(13)8-5-9-12-10-6-3-2-4-7-10/h2-8,12H,9H2,1H3/b8-5+. The zero-order valence-corrected chi connectivity index (χ0v) is 8.07. The number of nitrogens with one attached hydrogen (secondary N) is 1. The van der Waals surface area contributed by atoms with Crippen LogP contribution in [0.25, 0.3) is 0 Å². The van der Waals surface area contributed by atoms with Gasteiger partial charge in [-0.3, -0.25) is 0 Å². The summed E-state index contributed by atoms with van der Waals surface area (Å²) in [6.45, 7) is 0.610. The van der Waals surface area contributed by atoms with Gasteiger partial charge in [0, 0.05) is 18.3 Å². The monoisotopic (exact) mass is 191 g/mol. The molecule has 0 aliphatic rings. The van der Waals surface area contributed by atoms with E-state index in [2.05, 4.69) is 10.1 Å². The number of esters is 1. The summed E-state index contributed by atoms with van der Waals surface area (Å²) in [6, 6.07) is 9.78. The molecule has 1 aromatic rings. The predicted molar refractivity (Wildman–Crippen MR) is 56.1 cm³/mol. The minimum absolute atomic E-state index is 0.333. The Hall–Kier alpha value is -1.77. The Labute approximate surface area is 83.4 Å². The number of para-hydroxylation sites is 1. The molecule has 0 spiro atoms. The lowest BCUT2D eigenvalue weighted by Gasteiger charge is -2.01. The summed E-state index contributed by atoms with van der Waals surface area (Å²) in [6.07, 6.45) is 3.12. The molecule has 3 heteroatoms. The van der Waals surface area contributed by atoms with Crippen molar-refractivity contribution < 1.29 is 9.53 Å². The van der Waals surface area contributed by atoms with Crippen molar-refractivity contribution in [2.75, 3.05) is 19.0 Å². The van der Waals surface area contributed by atoms with E-state index in [0.717, 1.165) is 5.69 Å². The second-order valence-corrected chi connectivity index (χ2v) is 2.67. The molecule has 0 aliphatic carbocycles. The van der Waals surface area contributed by atoms with Gasteiger partial charge in [0.15, 0.2) is 0 Å². The van der Waals surface area contributed by atoms with Crippen molar-refractivity contribution in [2.24, 2.45) is 0 Å². The molecule has 0 heterocycles. The molecule has 14 heavy (non-hydrogen) atoms. The van der Waals surface area contributed by atoms with Crippen LogP contribution in [0.5, 0.6) is 0 Å². The third-order valence-corrected chi connectivity index (χ3v) is 1.65. The fourth-order valence-corrected chi connectivity index (χ4v) is 0.956. The number of anilines is 1. The van der Waals surface area contributed by atoms with Crippen LogP contribution in [-0.4, -0.2) is 19.6 Å². The third-order valence-electron chi connectivity index (χ3n) is 1.65. The Morgan fingerprint density at radius 3 is 2.79 bits per heavy atom. The summed E-state index contributed by atoms with van der Waals surface area (Å²) < 4.78 is 4.45. The predicted octanol–water partition coefficient (Wildman–Crippen LogP) is 1.83. The number of carbonyl (C=O) groups is 1. The fraction of sp³-hybridized carbons (Fsp3) is 0.182. The maximum absolute atomic E-state index is 10.7. The highest BCUT2D eigenvalue weighted by atomic mass is 16.5. The van der Waals surface area contributed by atoms with Gasteiger partial charge in [0.05, 0.1) is 7.11 Å². The normalized spacial score (nSPS) is 10.1. The van der Waals surface area contributed by atoms with Crippen LogP contribution in [0.2, 0.25) is 0 Å². The molecular weight excluding hydrogens is 178 g/mol. The maximum Gasteiger partial charge on any atom is 0.330 e. The molecule has 0 unspecified atom stereocenters. The van der Waals surface area contributed by atoms with E-state index in [4.69, 9.17) is 0 Å². The largest absolute Gasteiger partial charge is 0.466 e. The van der Waals surface area contributed by atoms with Crippen molar-refractivity contribution >= 4 is 11.7 Å². The van der Waals surface area contributed by atoms with E-state index in [1.807, 2.05) is 30.3 Å². The van der Waals surface area contributed by atoms with Gasteiger partial charge in [-0.05, 0) is 12.1 Å². The van der Waals surface area contributed by atoms with Crippen LogP contribution in [0.1, 0.15) is 0 Å². The van der Waals surface area contributed by atoms with E-state index >= 15 is 0 Å². The average Bonchev–Trinajstić information content (AvgIpc) is 2.25. The van der Waals surface area contributed by atoms with Crippen molar-refractivity contribution in [1.29, 1.82) is 0 Å². The number of methoxy groups -OCH3 is 1. The quantitative estimate of drug-likeness (QED) is 0.583. The van der Waals surface area contributed by atoms with Crippen LogP contribution >= 0.6 is 0 Å². The SMILES string of the molecule is COC(=O)/C=C/CNc1ccccc1. The number of benzene rings is 1. The molecule has 1 N–H and O–H groups in total. The zero-order chi connectivity index (χ0) is 10.2. The van der Waals surface area contributed by atoms with Crippen molar-refractivity contribution in [3.63, 3.8) is 0 Å². The molecule has 0 atom stereocenters. The van der Waals surface area contributed by atoms with Gasteiger partial charge < -0.3 is 10.1 Å². The van der Waals surface area contributed by atoms with E-state index in [0.29, 0.717) is 6.54 Å². The van der Waals surface area contributed by atoms with Crippen molar-refractivity contribution in [3.05, 3.63) is 42.5 Å². The van der Waals surface area contributed by atoms with Gasteiger partial charge >= 0.3 is 5.97 Å². The minimum Gasteiger partial charge on any atom is -0.466 e. The first-order valence-corrected chi connectivity index (χ1v) is 4.36. The molecule has 0 amide bonds. The van der Waals surface area contributed by atoms with Gasteiger partial charge in [-0.2, -0.15) is 0 Å². The third kappa shape index (κ3) is 3.76. The average molecular weight is 191 g/mol. The smallest absolute Gasteiger partial charge is 0.330 e. The maximum atomic E-state index is 10.7. The van der Waals surface area contributed by atoms with E-state index in [9.17, 15) is 4.79 Å². The van der Waals surface area contributed by atoms with Crippen molar-refractivity contribution in [2.45, 2.75) is 0 Å². The Morgan fingerprint density at radius 2 is 2.14 bits per heavy atom. The van der Waals surface area contributed by atoms with Crippen LogP contribution in [0.3, 0.4) is 0 Å². The molecular formula is C11H13NO2. The van der Waals surface area contributed by atoms with E-state index in [1.165, 1.54) is 13.2 Å². The lowest BCUT2D eigenvalue weighted by Crippen LogP contribution is -2.00. The molecule has 3 nitrogen and oxygen atoms in total. The summed E-state index contributed by atoms with van der Waals surface area (Å²) in [5, 5.41) is 3.13. The Kier molecular flexibility index (Phi) is 4.27. The van der Waals surface area contributed by atoms with Crippen LogP contribution < -0.4 is 5.32 Å². The van der Waals surface area contributed by atoms with Gasteiger partial charge in [0.2, 0.25) is 0 Å². The second kappa shape index (κ2) is 5.80. The van der Waals surface area contributed by atoms with Gasteiger partial charge in [0.25, 0.3) is 0 Å². The first-order valence-electron chi connectivity index (χ1n) is 4.36. The first kappa shape index (κ1) is 10.3. The number of carbonyl (C=O) groups excluding carboxylic acids is 1. The molecule has 0 saturated heterocycles. The van der Waals surface area contributed by atoms with Gasteiger partial charge in [0.1, 0.15) is 0 Å². The van der Waals surface area contributed by atoms with Crippen LogP contribution in [-0.2, 0) is 9.53 Å². The van der Waals surface area contributed by atoms with Gasteiger partial charge in [-0.25, -0.2) is 4.79 Å². The summed E-state index contributed by atoms with van der Waals surface area (Å²) in [5.74, 6) is -0.333. The molecule has 0 aromatic heterocycles. The number of ether oxygens (including phenoxy) is 1. The van der Waals surface area contributed by atoms with Crippen LogP contribution in [0.4, 0.5) is 5.69 Å². The zero-order valence-electron chi connectivity index (χ0n) is 8.07. The van der Waals surface area contributed by atoms with Crippen molar-refractivity contribution in [3.8, 4) is 0 Å². The van der Waals surface area contributed by atoms with E-state index in [1.54, 1.807) is 6.08 Å². The molecule has 0 bridgehead atoms. The number of hydrogen-bond donors (Lipinski definition) is 1. The Bertz CT molecular complexity index is 306. The molecule has 1 rings (SSSR count). The van der Waals surface area contributed by atoms with E-state index in [-0.39, 0.29) is 5.97 Å². The highest BCUT2D eigenvalue weighted by molar-refractivity contribution is 5.81. The topological polar surface area (TPSA) is 38.3 Å². The fourth-order valence-electron chi connectivity index (χ4n) is 0.956. The van der Waals surface area contributed by atoms with Gasteiger partial charge in [-0.15, -0.1) is 0 Å². The highest BCUT2D eigenvalue weighted by Crippen LogP contribution is 2.03. The first-order chi connectivity index (χ1) is 6.83. The lowest BCUT2D eigenvalue weighted by molar-refractivity contribution is -0.134. The Balaban J connectivity index is 2.29. The van der Waals surface area contributed by atoms with Crippen LogP contribution in [0.15, 0.2) is 42.5 Å². The molecule has 0 aliphatic heterocycles. The molecule has 0 fully saturated rings. The summed E-state index contributed by atoms with van der Waals surface area (Å²) >= 11 is 0. The van der Waals surface area contributed by atoms with Gasteiger partial charge in [-0.1, -0.05) is 24.3 Å². The Morgan fingerprint density at radius 1 is 1.43 bits per heavy atom. The molecule has 1 aromatic carbocycles. The number of rotatable bonds is 4. The highest BCUT2D eigenvalue weighted by Gasteiger charge is 1.89. The lowest BCUT2D eigenvalue weighted by atomic mass is 10.3. The van der Waals surface area contributed by atoms with Crippen molar-refractivity contribution in [1.82, 2.24) is 0 Å².